The Bertz CT molecular complexity index is 485. The average Bonchev–Trinajstić information content (AvgIpc) is 2.32. The zero-order valence-electron chi connectivity index (χ0n) is 9.40. The molecule has 1 aromatic rings. The van der Waals surface area contributed by atoms with Crippen LogP contribution in [0.2, 0.25) is 0 Å². The van der Waals surface area contributed by atoms with Crippen molar-refractivity contribution in [3.05, 3.63) is 23.9 Å². The summed E-state index contributed by atoms with van der Waals surface area (Å²) in [6.45, 7) is 0. The lowest BCUT2D eigenvalue weighted by Crippen LogP contribution is -2.47. The molecule has 0 unspecified atom stereocenters. The van der Waals surface area contributed by atoms with Crippen molar-refractivity contribution in [2.45, 2.75) is 18.5 Å². The molecule has 0 fully saturated rings. The number of amidine groups is 1. The molecule has 0 aliphatic rings. The Morgan fingerprint density at radius 3 is 2.25 bits per heavy atom. The number of nitrogens with zero attached hydrogens (tertiary/aromatic N) is 2. The van der Waals surface area contributed by atoms with Crippen molar-refractivity contribution in [2.24, 2.45) is 10.9 Å². The maximum atomic E-state index is 12.3. The molecule has 112 valence electrons. The number of hydrogen-bond donors (Lipinski definition) is 2. The largest absolute Gasteiger partial charge is 0.454 e. The van der Waals surface area contributed by atoms with Crippen LogP contribution in [0.5, 0.6) is 5.88 Å². The van der Waals surface area contributed by atoms with Crippen molar-refractivity contribution >= 4 is 5.84 Å². The Hall–Kier alpha value is -2.20. The van der Waals surface area contributed by atoms with Crippen LogP contribution in [0.4, 0.5) is 26.3 Å². The number of rotatable bonds is 3. The molecular weight excluding hydrogens is 296 g/mol. The van der Waals surface area contributed by atoms with Gasteiger partial charge in [0.25, 0.3) is 6.10 Å². The first-order chi connectivity index (χ1) is 9.07. The van der Waals surface area contributed by atoms with E-state index in [0.717, 1.165) is 18.3 Å². The molecule has 0 radical (unpaired) electrons. The fourth-order valence-electron chi connectivity index (χ4n) is 1.16. The fourth-order valence-corrected chi connectivity index (χ4v) is 1.16. The highest BCUT2D eigenvalue weighted by Crippen LogP contribution is 2.36. The molecule has 0 bridgehead atoms. The molecule has 1 rings (SSSR count). The quantitative estimate of drug-likeness (QED) is 0.294. The van der Waals surface area contributed by atoms with Crippen LogP contribution in [0.1, 0.15) is 5.56 Å². The number of hydrogen-bond acceptors (Lipinski definition) is 4. The summed E-state index contributed by atoms with van der Waals surface area (Å²) in [5, 5.41) is 10.9. The van der Waals surface area contributed by atoms with E-state index in [9.17, 15) is 26.3 Å². The van der Waals surface area contributed by atoms with Crippen LogP contribution >= 0.6 is 0 Å². The van der Waals surface area contributed by atoms with E-state index in [2.05, 4.69) is 14.9 Å². The van der Waals surface area contributed by atoms with Gasteiger partial charge in [-0.3, -0.25) is 0 Å². The lowest BCUT2D eigenvalue weighted by atomic mass is 10.2. The Morgan fingerprint density at radius 2 is 1.80 bits per heavy atom. The van der Waals surface area contributed by atoms with Gasteiger partial charge in [-0.25, -0.2) is 4.98 Å². The SMILES string of the molecule is N/C(=N/O)c1cccnc1OC(C(F)(F)F)C(F)(F)F. The van der Waals surface area contributed by atoms with Crippen molar-refractivity contribution in [1.82, 2.24) is 4.98 Å². The molecule has 11 heteroatoms. The second kappa shape index (κ2) is 5.43. The second-order valence-electron chi connectivity index (χ2n) is 3.42. The van der Waals surface area contributed by atoms with Gasteiger partial charge in [0.05, 0.1) is 5.56 Å². The predicted molar refractivity (Wildman–Crippen MR) is 53.3 cm³/mol. The van der Waals surface area contributed by atoms with E-state index >= 15 is 0 Å². The zero-order valence-corrected chi connectivity index (χ0v) is 9.40. The van der Waals surface area contributed by atoms with Crippen LogP contribution in [0, 0.1) is 0 Å². The third-order valence-corrected chi connectivity index (χ3v) is 1.98. The summed E-state index contributed by atoms with van der Waals surface area (Å²) in [5.41, 5.74) is 4.60. The van der Waals surface area contributed by atoms with Crippen LogP contribution < -0.4 is 10.5 Å². The molecule has 0 aliphatic carbocycles. The number of ether oxygens (including phenoxy) is 1. The van der Waals surface area contributed by atoms with E-state index in [-0.39, 0.29) is 0 Å². The monoisotopic (exact) mass is 303 g/mol. The molecular formula is C9H7F6N3O2. The van der Waals surface area contributed by atoms with Crippen LogP contribution in [-0.2, 0) is 0 Å². The number of pyridine rings is 1. The van der Waals surface area contributed by atoms with Gasteiger partial charge < -0.3 is 15.7 Å². The smallest absolute Gasteiger partial charge is 0.434 e. The van der Waals surface area contributed by atoms with E-state index in [1.807, 2.05) is 0 Å². The highest BCUT2D eigenvalue weighted by molar-refractivity contribution is 5.98. The maximum Gasteiger partial charge on any atom is 0.434 e. The summed E-state index contributed by atoms with van der Waals surface area (Å²) in [7, 11) is 0. The van der Waals surface area contributed by atoms with Crippen molar-refractivity contribution in [1.29, 1.82) is 0 Å². The Morgan fingerprint density at radius 1 is 1.25 bits per heavy atom. The van der Waals surface area contributed by atoms with E-state index in [0.29, 0.717) is 0 Å². The highest BCUT2D eigenvalue weighted by Gasteiger charge is 2.59. The summed E-state index contributed by atoms with van der Waals surface area (Å²) in [5.74, 6) is -1.79. The van der Waals surface area contributed by atoms with Crippen LogP contribution in [0.15, 0.2) is 23.5 Å². The standard InChI is InChI=1S/C9H7F6N3O2/c10-8(11,12)7(9(13,14)15)20-6-4(5(16)18-19)2-1-3-17-6/h1-3,7,19H,(H2,16,18). The summed E-state index contributed by atoms with van der Waals surface area (Å²) in [6.07, 6.45) is -14.6. The fraction of sp³-hybridized carbons (Fsp3) is 0.333. The first-order valence-corrected chi connectivity index (χ1v) is 4.80. The van der Waals surface area contributed by atoms with Crippen LogP contribution in [-0.4, -0.2) is 34.5 Å². The maximum absolute atomic E-state index is 12.3. The highest BCUT2D eigenvalue weighted by atomic mass is 19.4. The Labute approximate surface area is 107 Å². The van der Waals surface area contributed by atoms with Gasteiger partial charge in [-0.2, -0.15) is 26.3 Å². The average molecular weight is 303 g/mol. The molecule has 0 aromatic carbocycles. The van der Waals surface area contributed by atoms with Crippen molar-refractivity contribution < 1.29 is 36.3 Å². The Balaban J connectivity index is 3.20. The van der Waals surface area contributed by atoms with Gasteiger partial charge in [-0.1, -0.05) is 5.16 Å². The van der Waals surface area contributed by atoms with Crippen molar-refractivity contribution in [2.75, 3.05) is 0 Å². The summed E-state index contributed by atoms with van der Waals surface area (Å²) < 4.78 is 77.9. The summed E-state index contributed by atoms with van der Waals surface area (Å²) >= 11 is 0. The van der Waals surface area contributed by atoms with Gasteiger partial charge >= 0.3 is 12.4 Å². The van der Waals surface area contributed by atoms with E-state index < -0.39 is 35.7 Å². The van der Waals surface area contributed by atoms with Gasteiger partial charge in [0.1, 0.15) is 0 Å². The normalized spacial score (nSPS) is 13.7. The number of oxime groups is 1. The summed E-state index contributed by atoms with van der Waals surface area (Å²) in [6, 6.07) is 2.15. The third kappa shape index (κ3) is 3.65. The molecule has 0 amide bonds. The van der Waals surface area contributed by atoms with E-state index in [4.69, 9.17) is 10.9 Å². The lowest BCUT2D eigenvalue weighted by molar-refractivity contribution is -0.300. The lowest BCUT2D eigenvalue weighted by Gasteiger charge is -2.24. The third-order valence-electron chi connectivity index (χ3n) is 1.98. The van der Waals surface area contributed by atoms with Crippen molar-refractivity contribution in [3.63, 3.8) is 0 Å². The first kappa shape index (κ1) is 15.9. The minimum Gasteiger partial charge on any atom is -0.454 e. The first-order valence-electron chi connectivity index (χ1n) is 4.80. The van der Waals surface area contributed by atoms with Gasteiger partial charge in [0.2, 0.25) is 5.88 Å². The van der Waals surface area contributed by atoms with Gasteiger partial charge in [0, 0.05) is 6.20 Å². The molecule has 3 N–H and O–H groups in total. The number of alkyl halides is 6. The predicted octanol–water partition coefficient (Wildman–Crippen LogP) is 2.05. The molecule has 20 heavy (non-hydrogen) atoms. The minimum atomic E-state index is -5.70. The molecule has 0 atom stereocenters. The number of aromatic nitrogens is 1. The second-order valence-corrected chi connectivity index (χ2v) is 3.42. The van der Waals surface area contributed by atoms with Crippen LogP contribution in [0.25, 0.3) is 0 Å². The molecule has 0 aliphatic heterocycles. The van der Waals surface area contributed by atoms with Gasteiger partial charge in [0.15, 0.2) is 5.84 Å². The van der Waals surface area contributed by atoms with E-state index in [1.165, 1.54) is 0 Å². The topological polar surface area (TPSA) is 80.7 Å². The van der Waals surface area contributed by atoms with E-state index in [1.54, 1.807) is 0 Å². The van der Waals surface area contributed by atoms with Gasteiger partial charge in [-0.15, -0.1) is 0 Å². The number of nitrogens with two attached hydrogens (primary N) is 1. The Kier molecular flexibility index (Phi) is 4.30. The molecule has 0 saturated heterocycles. The summed E-state index contributed by atoms with van der Waals surface area (Å²) in [4.78, 5) is 3.22. The molecule has 1 heterocycles. The minimum absolute atomic E-state index is 0.506. The van der Waals surface area contributed by atoms with Gasteiger partial charge in [-0.05, 0) is 12.1 Å². The molecule has 1 aromatic heterocycles. The number of halogens is 6. The molecule has 0 spiro atoms. The molecule has 5 nitrogen and oxygen atoms in total. The molecule has 0 saturated carbocycles. The van der Waals surface area contributed by atoms with Crippen molar-refractivity contribution in [3.8, 4) is 5.88 Å². The zero-order chi connectivity index (χ0) is 15.6. The van der Waals surface area contributed by atoms with Crippen LogP contribution in [0.3, 0.4) is 0 Å².